The van der Waals surface area contributed by atoms with Gasteiger partial charge in [0.05, 0.1) is 0 Å². The Morgan fingerprint density at radius 2 is 2.00 bits per heavy atom. The first kappa shape index (κ1) is 14.3. The molecule has 0 aliphatic heterocycles. The van der Waals surface area contributed by atoms with Gasteiger partial charge in [-0.25, -0.2) is 0 Å². The van der Waals surface area contributed by atoms with E-state index < -0.39 is 0 Å². The van der Waals surface area contributed by atoms with Gasteiger partial charge in [0.25, 0.3) is 0 Å². The zero-order chi connectivity index (χ0) is 13.5. The van der Waals surface area contributed by atoms with Crippen LogP contribution in [0.2, 0.25) is 0 Å². The number of rotatable bonds is 6. The number of likely N-dealkylation sites (N-methyl/N-ethyl adjacent to an activating group) is 1. The number of hydrogen-bond acceptors (Lipinski definition) is 2. The zero-order valence-electron chi connectivity index (χ0n) is 12.2. The van der Waals surface area contributed by atoms with Crippen LogP contribution in [0.3, 0.4) is 0 Å². The van der Waals surface area contributed by atoms with E-state index in [1.54, 1.807) is 0 Å². The summed E-state index contributed by atoms with van der Waals surface area (Å²) in [6.07, 6.45) is 8.47. The fraction of sp³-hybridized carbons (Fsp3) is 0.529. The normalized spacial score (nSPS) is 20.7. The van der Waals surface area contributed by atoms with Crippen molar-refractivity contribution in [2.24, 2.45) is 5.92 Å². The number of benzene rings is 1. The van der Waals surface area contributed by atoms with Gasteiger partial charge < -0.3 is 10.2 Å². The predicted octanol–water partition coefficient (Wildman–Crippen LogP) is 3.24. The van der Waals surface area contributed by atoms with Crippen molar-refractivity contribution in [3.8, 4) is 0 Å². The van der Waals surface area contributed by atoms with Gasteiger partial charge in [0.2, 0.25) is 0 Å². The highest BCUT2D eigenvalue weighted by Crippen LogP contribution is 2.19. The highest BCUT2D eigenvalue weighted by atomic mass is 15.1. The van der Waals surface area contributed by atoms with Crippen LogP contribution in [0.1, 0.15) is 30.9 Å². The maximum Gasteiger partial charge on any atom is 0.0466 e. The number of hydrogen-bond donors (Lipinski definition) is 1. The Morgan fingerprint density at radius 3 is 2.63 bits per heavy atom. The van der Waals surface area contributed by atoms with E-state index in [-0.39, 0.29) is 0 Å². The molecule has 1 aliphatic carbocycles. The molecule has 0 spiro atoms. The summed E-state index contributed by atoms with van der Waals surface area (Å²) in [7, 11) is 4.31. The van der Waals surface area contributed by atoms with Gasteiger partial charge in [-0.3, -0.25) is 0 Å². The molecule has 1 aromatic rings. The van der Waals surface area contributed by atoms with Crippen LogP contribution in [-0.2, 0) is 0 Å². The van der Waals surface area contributed by atoms with Crippen LogP contribution in [0.15, 0.2) is 42.5 Å². The molecule has 2 heteroatoms. The van der Waals surface area contributed by atoms with Crippen LogP contribution in [0.5, 0.6) is 0 Å². The molecule has 0 bridgehead atoms. The fourth-order valence-corrected chi connectivity index (χ4v) is 2.74. The van der Waals surface area contributed by atoms with Gasteiger partial charge >= 0.3 is 0 Å². The van der Waals surface area contributed by atoms with Gasteiger partial charge in [-0.1, -0.05) is 42.5 Å². The first-order valence-corrected chi connectivity index (χ1v) is 7.34. The summed E-state index contributed by atoms with van der Waals surface area (Å²) in [5.41, 5.74) is 1.39. The second-order valence-corrected chi connectivity index (χ2v) is 5.70. The lowest BCUT2D eigenvalue weighted by atomic mass is 9.94. The van der Waals surface area contributed by atoms with Gasteiger partial charge in [0.1, 0.15) is 0 Å². The largest absolute Gasteiger partial charge is 0.315 e. The van der Waals surface area contributed by atoms with Crippen LogP contribution < -0.4 is 5.32 Å². The molecule has 2 rings (SSSR count). The third kappa shape index (κ3) is 4.48. The van der Waals surface area contributed by atoms with Crippen LogP contribution >= 0.6 is 0 Å². The molecule has 0 saturated carbocycles. The summed E-state index contributed by atoms with van der Waals surface area (Å²) in [5.74, 6) is 0.823. The molecule has 19 heavy (non-hydrogen) atoms. The van der Waals surface area contributed by atoms with E-state index in [1.165, 1.54) is 24.8 Å². The minimum Gasteiger partial charge on any atom is -0.315 e. The van der Waals surface area contributed by atoms with E-state index in [1.807, 2.05) is 0 Å². The minimum absolute atomic E-state index is 0.459. The highest BCUT2D eigenvalue weighted by molar-refractivity contribution is 5.19. The van der Waals surface area contributed by atoms with E-state index in [4.69, 9.17) is 0 Å². The lowest BCUT2D eigenvalue weighted by molar-refractivity contribution is 0.281. The molecular formula is C17H26N2. The third-order valence-electron chi connectivity index (χ3n) is 3.96. The van der Waals surface area contributed by atoms with Gasteiger partial charge in [-0.2, -0.15) is 0 Å². The number of nitrogens with one attached hydrogen (secondary N) is 1. The van der Waals surface area contributed by atoms with Gasteiger partial charge in [-0.15, -0.1) is 0 Å². The highest BCUT2D eigenvalue weighted by Gasteiger charge is 2.15. The monoisotopic (exact) mass is 258 g/mol. The Hall–Kier alpha value is -1.12. The molecule has 0 fully saturated rings. The summed E-state index contributed by atoms with van der Waals surface area (Å²) in [5, 5.41) is 3.66. The molecule has 2 atom stereocenters. The van der Waals surface area contributed by atoms with Gasteiger partial charge in [0.15, 0.2) is 0 Å². The van der Waals surface area contributed by atoms with E-state index >= 15 is 0 Å². The quantitative estimate of drug-likeness (QED) is 0.788. The van der Waals surface area contributed by atoms with Crippen molar-refractivity contribution in [3.63, 3.8) is 0 Å². The summed E-state index contributed by atoms with van der Waals surface area (Å²) >= 11 is 0. The summed E-state index contributed by atoms with van der Waals surface area (Å²) < 4.78 is 0. The molecule has 0 amide bonds. The molecule has 1 aliphatic rings. The fourth-order valence-electron chi connectivity index (χ4n) is 2.74. The Bertz CT molecular complexity index is 384. The predicted molar refractivity (Wildman–Crippen MR) is 82.2 cm³/mol. The molecule has 2 unspecified atom stereocenters. The Kier molecular flexibility index (Phi) is 5.62. The molecule has 1 N–H and O–H groups in total. The van der Waals surface area contributed by atoms with Gasteiger partial charge in [-0.05, 0) is 51.4 Å². The lowest BCUT2D eigenvalue weighted by Gasteiger charge is -2.26. The van der Waals surface area contributed by atoms with Crippen molar-refractivity contribution in [2.75, 3.05) is 27.2 Å². The second kappa shape index (κ2) is 7.46. The standard InChI is InChI=1S/C17H26N2/c1-19(2)17(16-11-7-4-8-12-16)14-18-13-15-9-5-3-6-10-15/h3-5,7-8,11-12,15,17-18H,6,9-10,13-14H2,1-2H3. The van der Waals surface area contributed by atoms with E-state index in [2.05, 4.69) is 66.8 Å². The van der Waals surface area contributed by atoms with Crippen LogP contribution in [-0.4, -0.2) is 32.1 Å². The molecule has 0 heterocycles. The Balaban J connectivity index is 1.82. The maximum absolute atomic E-state index is 3.66. The molecule has 2 nitrogen and oxygen atoms in total. The van der Waals surface area contributed by atoms with Crippen molar-refractivity contribution in [1.29, 1.82) is 0 Å². The SMILES string of the molecule is CN(C)C(CNCC1CC=CCC1)c1ccccc1. The average molecular weight is 258 g/mol. The zero-order valence-corrected chi connectivity index (χ0v) is 12.2. The number of nitrogens with zero attached hydrogens (tertiary/aromatic N) is 1. The van der Waals surface area contributed by atoms with E-state index in [0.717, 1.165) is 19.0 Å². The summed E-state index contributed by atoms with van der Waals surface area (Å²) in [4.78, 5) is 2.29. The first-order chi connectivity index (χ1) is 9.27. The van der Waals surface area contributed by atoms with Gasteiger partial charge in [0, 0.05) is 12.6 Å². The molecule has 0 aromatic heterocycles. The van der Waals surface area contributed by atoms with Crippen LogP contribution in [0.25, 0.3) is 0 Å². The molecular weight excluding hydrogens is 232 g/mol. The van der Waals surface area contributed by atoms with Crippen LogP contribution in [0, 0.1) is 5.92 Å². The average Bonchev–Trinajstić information content (AvgIpc) is 2.45. The second-order valence-electron chi connectivity index (χ2n) is 5.70. The molecule has 1 aromatic carbocycles. The molecule has 0 radical (unpaired) electrons. The Morgan fingerprint density at radius 1 is 1.21 bits per heavy atom. The van der Waals surface area contributed by atoms with E-state index in [9.17, 15) is 0 Å². The first-order valence-electron chi connectivity index (χ1n) is 7.34. The minimum atomic E-state index is 0.459. The Labute approximate surface area is 117 Å². The lowest BCUT2D eigenvalue weighted by Crippen LogP contribution is -2.33. The smallest absolute Gasteiger partial charge is 0.0466 e. The van der Waals surface area contributed by atoms with Crippen LogP contribution in [0.4, 0.5) is 0 Å². The van der Waals surface area contributed by atoms with Crippen molar-refractivity contribution in [2.45, 2.75) is 25.3 Å². The number of allylic oxidation sites excluding steroid dienone is 2. The topological polar surface area (TPSA) is 15.3 Å². The summed E-state index contributed by atoms with van der Waals surface area (Å²) in [6.45, 7) is 2.17. The summed E-state index contributed by atoms with van der Waals surface area (Å²) in [6, 6.07) is 11.2. The van der Waals surface area contributed by atoms with Crippen molar-refractivity contribution in [3.05, 3.63) is 48.0 Å². The van der Waals surface area contributed by atoms with Crippen molar-refractivity contribution >= 4 is 0 Å². The van der Waals surface area contributed by atoms with E-state index in [0.29, 0.717) is 6.04 Å². The third-order valence-corrected chi connectivity index (χ3v) is 3.96. The van der Waals surface area contributed by atoms with Crippen molar-refractivity contribution in [1.82, 2.24) is 10.2 Å². The molecule has 104 valence electrons. The molecule has 0 saturated heterocycles. The van der Waals surface area contributed by atoms with Crippen molar-refractivity contribution < 1.29 is 0 Å². The maximum atomic E-state index is 3.66.